The molecule has 0 saturated heterocycles. The van der Waals surface area contributed by atoms with Gasteiger partial charge in [-0.2, -0.15) is 0 Å². The summed E-state index contributed by atoms with van der Waals surface area (Å²) in [5, 5.41) is 17.4. The second kappa shape index (κ2) is 15.3. The lowest BCUT2D eigenvalue weighted by Gasteiger charge is -2.07. The van der Waals surface area contributed by atoms with Crippen LogP contribution in [-0.4, -0.2) is 41.8 Å². The number of ether oxygens (including phenoxy) is 2. The number of esters is 1. The molecule has 1 aromatic carbocycles. The van der Waals surface area contributed by atoms with Crippen LogP contribution in [0.4, 0.5) is 0 Å². The Balaban J connectivity index is 2.16. The number of carbonyl (C=O) groups excluding carboxylic acids is 2. The van der Waals surface area contributed by atoms with Gasteiger partial charge < -0.3 is 19.7 Å². The van der Waals surface area contributed by atoms with Gasteiger partial charge in [-0.1, -0.05) is 37.1 Å². The first-order valence-electron chi connectivity index (χ1n) is 9.70. The Kier molecular flexibility index (Phi) is 13.2. The van der Waals surface area contributed by atoms with E-state index in [0.717, 1.165) is 43.2 Å². The zero-order chi connectivity index (χ0) is 19.7. The van der Waals surface area contributed by atoms with E-state index in [4.69, 9.17) is 19.7 Å². The Hall–Kier alpha value is -1.76. The topological polar surface area (TPSA) is 93.1 Å². The number of aliphatic hydroxyl groups is 2. The Morgan fingerprint density at radius 2 is 1.30 bits per heavy atom. The van der Waals surface area contributed by atoms with Crippen molar-refractivity contribution in [3.8, 4) is 0 Å². The van der Waals surface area contributed by atoms with Gasteiger partial charge in [0.1, 0.15) is 13.2 Å². The minimum absolute atomic E-state index is 0.0791. The van der Waals surface area contributed by atoms with Gasteiger partial charge in [0.25, 0.3) is 0 Å². The van der Waals surface area contributed by atoms with Gasteiger partial charge in [0, 0.05) is 26.1 Å². The van der Waals surface area contributed by atoms with Crippen molar-refractivity contribution in [1.29, 1.82) is 0 Å². The number of ketones is 1. The number of unbranched alkanes of at least 4 members (excludes halogenated alkanes) is 4. The first-order chi connectivity index (χ1) is 13.2. The molecule has 0 fully saturated rings. The number of rotatable bonds is 16. The lowest BCUT2D eigenvalue weighted by Crippen LogP contribution is -2.08. The molecule has 0 aromatic heterocycles. The van der Waals surface area contributed by atoms with Gasteiger partial charge in [-0.25, -0.2) is 0 Å². The minimum Gasteiger partial charge on any atom is -0.461 e. The van der Waals surface area contributed by atoms with Gasteiger partial charge in [0.05, 0.1) is 6.61 Å². The third-order valence-electron chi connectivity index (χ3n) is 4.11. The molecule has 0 heterocycles. The van der Waals surface area contributed by atoms with E-state index in [9.17, 15) is 9.59 Å². The molecule has 0 spiro atoms. The van der Waals surface area contributed by atoms with Gasteiger partial charge in [-0.05, 0) is 36.8 Å². The second-order valence-electron chi connectivity index (χ2n) is 6.58. The monoisotopic (exact) mass is 380 g/mol. The van der Waals surface area contributed by atoms with Gasteiger partial charge >= 0.3 is 5.97 Å². The highest BCUT2D eigenvalue weighted by Crippen LogP contribution is 2.09. The molecule has 0 saturated carbocycles. The number of Topliss-reactive ketones (excluding diaryl/α,β-unsaturated/α-hetero) is 1. The van der Waals surface area contributed by atoms with E-state index in [1.165, 1.54) is 0 Å². The van der Waals surface area contributed by atoms with Crippen LogP contribution < -0.4 is 0 Å². The van der Waals surface area contributed by atoms with E-state index < -0.39 is 0 Å². The van der Waals surface area contributed by atoms with Crippen molar-refractivity contribution in [3.05, 3.63) is 35.4 Å². The molecule has 2 N–H and O–H groups in total. The Morgan fingerprint density at radius 1 is 0.741 bits per heavy atom. The molecule has 0 bridgehead atoms. The lowest BCUT2D eigenvalue weighted by atomic mass is 10.1. The highest BCUT2D eigenvalue weighted by Gasteiger charge is 2.05. The van der Waals surface area contributed by atoms with Crippen LogP contribution in [0, 0.1) is 0 Å². The summed E-state index contributed by atoms with van der Waals surface area (Å²) in [6, 6.07) is 7.56. The summed E-state index contributed by atoms with van der Waals surface area (Å²) in [6.07, 6.45) is 5.52. The fraction of sp³-hybridized carbons (Fsp3) is 0.619. The van der Waals surface area contributed by atoms with Crippen molar-refractivity contribution in [2.24, 2.45) is 0 Å². The molecule has 6 heteroatoms. The van der Waals surface area contributed by atoms with Crippen LogP contribution in [0.2, 0.25) is 0 Å². The molecule has 152 valence electrons. The Labute approximate surface area is 161 Å². The zero-order valence-corrected chi connectivity index (χ0v) is 16.0. The van der Waals surface area contributed by atoms with Crippen LogP contribution in [0.3, 0.4) is 0 Å². The maximum Gasteiger partial charge on any atom is 0.306 e. The largest absolute Gasteiger partial charge is 0.461 e. The summed E-state index contributed by atoms with van der Waals surface area (Å²) in [7, 11) is 0. The molecule has 27 heavy (non-hydrogen) atoms. The molecule has 1 aromatic rings. The van der Waals surface area contributed by atoms with Gasteiger partial charge in [-0.15, -0.1) is 0 Å². The van der Waals surface area contributed by atoms with Crippen molar-refractivity contribution in [2.45, 2.75) is 64.6 Å². The van der Waals surface area contributed by atoms with Gasteiger partial charge in [0.15, 0.2) is 5.78 Å². The quantitative estimate of drug-likeness (QED) is 0.338. The number of benzene rings is 1. The number of carbonyl (C=O) groups is 2. The molecule has 1 rings (SSSR count). The van der Waals surface area contributed by atoms with E-state index in [1.54, 1.807) is 0 Å². The van der Waals surface area contributed by atoms with Crippen LogP contribution in [0.1, 0.15) is 62.5 Å². The summed E-state index contributed by atoms with van der Waals surface area (Å²) >= 11 is 0. The fourth-order valence-electron chi connectivity index (χ4n) is 2.49. The number of hydrogen-bond donors (Lipinski definition) is 2. The van der Waals surface area contributed by atoms with Crippen molar-refractivity contribution in [2.75, 3.05) is 19.8 Å². The summed E-state index contributed by atoms with van der Waals surface area (Å²) in [4.78, 5) is 23.3. The number of aliphatic hydroxyl groups excluding tert-OH is 2. The molecular weight excluding hydrogens is 348 g/mol. The summed E-state index contributed by atoms with van der Waals surface area (Å²) in [5.41, 5.74) is 1.87. The van der Waals surface area contributed by atoms with E-state index in [0.29, 0.717) is 25.9 Å². The normalized spacial score (nSPS) is 10.7. The van der Waals surface area contributed by atoms with E-state index >= 15 is 0 Å². The molecule has 0 radical (unpaired) electrons. The van der Waals surface area contributed by atoms with Crippen molar-refractivity contribution in [3.63, 3.8) is 0 Å². The molecule has 0 aliphatic rings. The zero-order valence-electron chi connectivity index (χ0n) is 16.0. The van der Waals surface area contributed by atoms with Crippen molar-refractivity contribution < 1.29 is 29.3 Å². The maximum absolute atomic E-state index is 11.7. The van der Waals surface area contributed by atoms with Crippen molar-refractivity contribution in [1.82, 2.24) is 0 Å². The van der Waals surface area contributed by atoms with Crippen LogP contribution in [0.25, 0.3) is 0 Å². The lowest BCUT2D eigenvalue weighted by molar-refractivity contribution is -0.145. The minimum atomic E-state index is -0.224. The van der Waals surface area contributed by atoms with E-state index in [1.807, 2.05) is 24.3 Å². The average molecular weight is 380 g/mol. The Morgan fingerprint density at radius 3 is 1.89 bits per heavy atom. The summed E-state index contributed by atoms with van der Waals surface area (Å²) < 4.78 is 10.7. The average Bonchev–Trinajstić information content (AvgIpc) is 2.68. The SMILES string of the molecule is O=C(CCCCCO)COCc1ccc(COC(=O)CCCCCO)cc1. The predicted octanol–water partition coefficient (Wildman–Crippen LogP) is 2.92. The Bertz CT molecular complexity index is 526. The maximum atomic E-state index is 11.7. The summed E-state index contributed by atoms with van der Waals surface area (Å²) in [6.45, 7) is 1.04. The molecule has 0 aliphatic heterocycles. The van der Waals surface area contributed by atoms with E-state index in [2.05, 4.69) is 0 Å². The van der Waals surface area contributed by atoms with Crippen LogP contribution >= 0.6 is 0 Å². The smallest absolute Gasteiger partial charge is 0.306 e. The van der Waals surface area contributed by atoms with E-state index in [-0.39, 0.29) is 38.2 Å². The van der Waals surface area contributed by atoms with Crippen LogP contribution in [-0.2, 0) is 32.3 Å². The molecular formula is C21H32O6. The summed E-state index contributed by atoms with van der Waals surface area (Å²) in [5.74, 6) is -0.145. The third kappa shape index (κ3) is 12.3. The van der Waals surface area contributed by atoms with Gasteiger partial charge in [-0.3, -0.25) is 9.59 Å². The fourth-order valence-corrected chi connectivity index (χ4v) is 2.49. The molecule has 0 atom stereocenters. The van der Waals surface area contributed by atoms with Crippen molar-refractivity contribution >= 4 is 11.8 Å². The standard InChI is InChI=1S/C21H32O6/c22-13-5-1-3-7-20(24)17-26-15-18-9-11-19(12-10-18)16-27-21(25)8-4-2-6-14-23/h9-12,22-23H,1-8,13-17H2. The molecule has 0 amide bonds. The highest BCUT2D eigenvalue weighted by atomic mass is 16.5. The highest BCUT2D eigenvalue weighted by molar-refractivity contribution is 5.79. The molecule has 0 aliphatic carbocycles. The first kappa shape index (κ1) is 23.3. The van der Waals surface area contributed by atoms with Crippen LogP contribution in [0.5, 0.6) is 0 Å². The second-order valence-corrected chi connectivity index (χ2v) is 6.58. The third-order valence-corrected chi connectivity index (χ3v) is 4.11. The first-order valence-corrected chi connectivity index (χ1v) is 9.70. The van der Waals surface area contributed by atoms with Gasteiger partial charge in [0.2, 0.25) is 0 Å². The molecule has 0 unspecified atom stereocenters. The number of hydrogen-bond acceptors (Lipinski definition) is 6. The predicted molar refractivity (Wildman–Crippen MR) is 102 cm³/mol. The molecule has 6 nitrogen and oxygen atoms in total. The van der Waals surface area contributed by atoms with Crippen LogP contribution in [0.15, 0.2) is 24.3 Å².